The van der Waals surface area contributed by atoms with E-state index in [9.17, 15) is 0 Å². The van der Waals surface area contributed by atoms with E-state index in [-0.39, 0.29) is 24.0 Å². The van der Waals surface area contributed by atoms with E-state index >= 15 is 0 Å². The van der Waals surface area contributed by atoms with Gasteiger partial charge in [0.05, 0.1) is 6.10 Å². The summed E-state index contributed by atoms with van der Waals surface area (Å²) < 4.78 is 5.71. The van der Waals surface area contributed by atoms with E-state index in [1.807, 2.05) is 11.8 Å². The first-order valence-electron chi connectivity index (χ1n) is 7.95. The molecule has 0 radical (unpaired) electrons. The first kappa shape index (κ1) is 21.3. The van der Waals surface area contributed by atoms with Gasteiger partial charge in [-0.05, 0) is 51.5 Å². The molecule has 4 nitrogen and oxygen atoms in total. The Morgan fingerprint density at radius 3 is 2.57 bits per heavy atom. The molecule has 1 rings (SSSR count). The fourth-order valence-electron chi connectivity index (χ4n) is 2.44. The van der Waals surface area contributed by atoms with Crippen LogP contribution < -0.4 is 5.32 Å². The Kier molecular flexibility index (Phi) is 14.1. The number of thioether (sulfide) groups is 1. The van der Waals surface area contributed by atoms with Crippen LogP contribution in [0.5, 0.6) is 0 Å². The van der Waals surface area contributed by atoms with Crippen molar-refractivity contribution in [3.05, 3.63) is 0 Å². The standard InChI is InChI=1S/C15H31N3OS.HI/c1-4-16-15(17-10-6-7-13-20-3)18-11-8-14(9-12-18)19-5-2;/h14H,4-13H2,1-3H3,(H,16,17);1H. The van der Waals surface area contributed by atoms with Gasteiger partial charge in [-0.2, -0.15) is 11.8 Å². The lowest BCUT2D eigenvalue weighted by Gasteiger charge is -2.34. The molecule has 0 aromatic carbocycles. The Morgan fingerprint density at radius 1 is 1.29 bits per heavy atom. The molecule has 0 bridgehead atoms. The van der Waals surface area contributed by atoms with Crippen LogP contribution in [0.3, 0.4) is 0 Å². The summed E-state index contributed by atoms with van der Waals surface area (Å²) >= 11 is 1.92. The minimum absolute atomic E-state index is 0. The molecule has 6 heteroatoms. The molecule has 0 aromatic rings. The van der Waals surface area contributed by atoms with Gasteiger partial charge >= 0.3 is 0 Å². The number of halogens is 1. The summed E-state index contributed by atoms with van der Waals surface area (Å²) in [7, 11) is 0. The van der Waals surface area contributed by atoms with E-state index in [0.717, 1.165) is 51.6 Å². The lowest BCUT2D eigenvalue weighted by Crippen LogP contribution is -2.47. The van der Waals surface area contributed by atoms with Crippen LogP contribution in [0.25, 0.3) is 0 Å². The largest absolute Gasteiger partial charge is 0.378 e. The van der Waals surface area contributed by atoms with Crippen molar-refractivity contribution in [3.8, 4) is 0 Å². The van der Waals surface area contributed by atoms with Gasteiger partial charge in [-0.25, -0.2) is 0 Å². The molecule has 1 saturated heterocycles. The number of nitrogens with zero attached hydrogens (tertiary/aromatic N) is 2. The van der Waals surface area contributed by atoms with Crippen molar-refractivity contribution < 1.29 is 4.74 Å². The van der Waals surface area contributed by atoms with Crippen molar-refractivity contribution in [1.82, 2.24) is 10.2 Å². The van der Waals surface area contributed by atoms with Crippen molar-refractivity contribution in [1.29, 1.82) is 0 Å². The van der Waals surface area contributed by atoms with Crippen molar-refractivity contribution in [2.24, 2.45) is 4.99 Å². The molecule has 1 aliphatic rings. The first-order chi connectivity index (χ1) is 9.81. The van der Waals surface area contributed by atoms with Gasteiger partial charge in [0.2, 0.25) is 0 Å². The molecule has 0 aromatic heterocycles. The molecular formula is C15H32IN3OS. The predicted octanol–water partition coefficient (Wildman–Crippen LogP) is 3.21. The van der Waals surface area contributed by atoms with Crippen molar-refractivity contribution in [3.63, 3.8) is 0 Å². The summed E-state index contributed by atoms with van der Waals surface area (Å²) in [5, 5.41) is 3.42. The predicted molar refractivity (Wildman–Crippen MR) is 105 cm³/mol. The van der Waals surface area contributed by atoms with E-state index in [1.54, 1.807) is 0 Å². The lowest BCUT2D eigenvalue weighted by molar-refractivity contribution is 0.0264. The number of aliphatic imine (C=N–C) groups is 1. The second-order valence-corrected chi connectivity index (χ2v) is 6.06. The second kappa shape index (κ2) is 13.9. The highest BCUT2D eigenvalue weighted by atomic mass is 127. The number of hydrogen-bond acceptors (Lipinski definition) is 3. The lowest BCUT2D eigenvalue weighted by atomic mass is 10.1. The molecule has 1 fully saturated rings. The first-order valence-corrected chi connectivity index (χ1v) is 9.35. The van der Waals surface area contributed by atoms with Gasteiger partial charge in [0.25, 0.3) is 0 Å². The van der Waals surface area contributed by atoms with Crippen LogP contribution in [0.1, 0.15) is 39.5 Å². The highest BCUT2D eigenvalue weighted by molar-refractivity contribution is 14.0. The average molecular weight is 429 g/mol. The van der Waals surface area contributed by atoms with Crippen molar-refractivity contribution in [2.75, 3.05) is 44.8 Å². The number of hydrogen-bond donors (Lipinski definition) is 1. The average Bonchev–Trinajstić information content (AvgIpc) is 2.47. The van der Waals surface area contributed by atoms with E-state index < -0.39 is 0 Å². The molecule has 0 spiro atoms. The maximum absolute atomic E-state index is 5.71. The zero-order valence-electron chi connectivity index (χ0n) is 13.8. The van der Waals surface area contributed by atoms with E-state index in [0.29, 0.717) is 6.10 Å². The smallest absolute Gasteiger partial charge is 0.193 e. The molecular weight excluding hydrogens is 397 g/mol. The van der Waals surface area contributed by atoms with Crippen LogP contribution >= 0.6 is 35.7 Å². The fourth-order valence-corrected chi connectivity index (χ4v) is 2.93. The summed E-state index contributed by atoms with van der Waals surface area (Å²) in [6.07, 6.45) is 7.29. The molecule has 126 valence electrons. The Morgan fingerprint density at radius 2 is 2.00 bits per heavy atom. The van der Waals surface area contributed by atoms with E-state index in [1.165, 1.54) is 18.6 Å². The number of rotatable bonds is 8. The van der Waals surface area contributed by atoms with Gasteiger partial charge in [0.1, 0.15) is 0 Å². The number of likely N-dealkylation sites (tertiary alicyclic amines) is 1. The third kappa shape index (κ3) is 9.13. The van der Waals surface area contributed by atoms with Gasteiger partial charge in [0, 0.05) is 32.8 Å². The zero-order valence-corrected chi connectivity index (χ0v) is 16.9. The summed E-state index contributed by atoms with van der Waals surface area (Å²) in [5.74, 6) is 2.33. The molecule has 0 unspecified atom stereocenters. The minimum atomic E-state index is 0. The summed E-state index contributed by atoms with van der Waals surface area (Å²) in [5.41, 5.74) is 0. The molecule has 0 atom stereocenters. The Hall–Kier alpha value is 0.310. The van der Waals surface area contributed by atoms with Crippen molar-refractivity contribution in [2.45, 2.75) is 45.6 Å². The summed E-state index contributed by atoms with van der Waals surface area (Å²) in [6.45, 7) is 9.03. The molecule has 1 N–H and O–H groups in total. The Labute approximate surface area is 151 Å². The Balaban J connectivity index is 0.00000400. The maximum atomic E-state index is 5.71. The minimum Gasteiger partial charge on any atom is -0.378 e. The van der Waals surface area contributed by atoms with Crippen LogP contribution in [-0.4, -0.2) is 61.8 Å². The van der Waals surface area contributed by atoms with Crippen LogP contribution in [0.4, 0.5) is 0 Å². The summed E-state index contributed by atoms with van der Waals surface area (Å²) in [6, 6.07) is 0. The highest BCUT2D eigenvalue weighted by Crippen LogP contribution is 2.13. The van der Waals surface area contributed by atoms with E-state index in [2.05, 4.69) is 30.3 Å². The van der Waals surface area contributed by atoms with Crippen molar-refractivity contribution >= 4 is 41.7 Å². The van der Waals surface area contributed by atoms with Crippen LogP contribution in [-0.2, 0) is 4.74 Å². The molecule has 0 aliphatic carbocycles. The van der Waals surface area contributed by atoms with Gasteiger partial charge in [0.15, 0.2) is 5.96 Å². The summed E-state index contributed by atoms with van der Waals surface area (Å²) in [4.78, 5) is 7.14. The molecule has 21 heavy (non-hydrogen) atoms. The number of piperidine rings is 1. The topological polar surface area (TPSA) is 36.9 Å². The van der Waals surface area contributed by atoms with E-state index in [4.69, 9.17) is 9.73 Å². The normalized spacial score (nSPS) is 16.7. The SMILES string of the molecule is CCNC(=NCCCCSC)N1CCC(OCC)CC1.I. The fraction of sp³-hybridized carbons (Fsp3) is 0.933. The molecule has 0 amide bonds. The highest BCUT2D eigenvalue weighted by Gasteiger charge is 2.21. The van der Waals surface area contributed by atoms with Gasteiger partial charge in [-0.15, -0.1) is 24.0 Å². The third-order valence-electron chi connectivity index (χ3n) is 3.50. The van der Waals surface area contributed by atoms with Gasteiger partial charge in [-0.1, -0.05) is 0 Å². The maximum Gasteiger partial charge on any atom is 0.193 e. The quantitative estimate of drug-likeness (QED) is 0.278. The molecule has 1 aliphatic heterocycles. The Bertz CT molecular complexity index is 272. The van der Waals surface area contributed by atoms with Crippen LogP contribution in [0.15, 0.2) is 4.99 Å². The third-order valence-corrected chi connectivity index (χ3v) is 4.19. The van der Waals surface area contributed by atoms with Crippen LogP contribution in [0.2, 0.25) is 0 Å². The second-order valence-electron chi connectivity index (χ2n) is 5.08. The molecule has 1 heterocycles. The zero-order chi connectivity index (χ0) is 14.6. The van der Waals surface area contributed by atoms with Gasteiger partial charge in [-0.3, -0.25) is 4.99 Å². The monoisotopic (exact) mass is 429 g/mol. The number of guanidine groups is 1. The van der Waals surface area contributed by atoms with Crippen LogP contribution in [0, 0.1) is 0 Å². The number of nitrogens with one attached hydrogen (secondary N) is 1. The molecule has 0 saturated carbocycles. The number of ether oxygens (including phenoxy) is 1. The van der Waals surface area contributed by atoms with Gasteiger partial charge < -0.3 is 15.0 Å². The number of unbranched alkanes of at least 4 members (excludes halogenated alkanes) is 1.